The lowest BCUT2D eigenvalue weighted by Crippen LogP contribution is -2.38. The van der Waals surface area contributed by atoms with Gasteiger partial charge in [-0.25, -0.2) is 0 Å². The molecule has 1 fully saturated rings. The summed E-state index contributed by atoms with van der Waals surface area (Å²) in [4.78, 5) is 2.38. The maximum atomic E-state index is 6.14. The first kappa shape index (κ1) is 13.2. The van der Waals surface area contributed by atoms with Gasteiger partial charge in [-0.1, -0.05) is 15.9 Å². The molecule has 1 heterocycles. The van der Waals surface area contributed by atoms with Crippen molar-refractivity contribution in [2.75, 3.05) is 26.2 Å². The number of likely N-dealkylation sites (tertiary alicyclic amines) is 1. The molecule has 1 aliphatic rings. The molecule has 0 aliphatic carbocycles. The van der Waals surface area contributed by atoms with Crippen LogP contribution in [0.15, 0.2) is 28.7 Å². The van der Waals surface area contributed by atoms with E-state index in [4.69, 9.17) is 16.3 Å². The van der Waals surface area contributed by atoms with Gasteiger partial charge in [-0.2, -0.15) is 0 Å². The number of alkyl halides is 1. The van der Waals surface area contributed by atoms with E-state index < -0.39 is 0 Å². The van der Waals surface area contributed by atoms with E-state index in [1.54, 1.807) is 0 Å². The van der Waals surface area contributed by atoms with Crippen molar-refractivity contribution in [3.8, 4) is 5.75 Å². The topological polar surface area (TPSA) is 12.5 Å². The van der Waals surface area contributed by atoms with Gasteiger partial charge in [0.2, 0.25) is 0 Å². The van der Waals surface area contributed by atoms with E-state index in [9.17, 15) is 0 Å². The molecule has 4 heteroatoms. The second-order valence-corrected chi connectivity index (χ2v) is 5.88. The molecule has 94 valence electrons. The van der Waals surface area contributed by atoms with E-state index in [1.807, 2.05) is 24.3 Å². The predicted octanol–water partition coefficient (Wildman–Crippen LogP) is 3.53. The molecule has 0 amide bonds. The minimum atomic E-state index is 0.316. The van der Waals surface area contributed by atoms with Gasteiger partial charge in [0.1, 0.15) is 12.4 Å². The Kier molecular flexibility index (Phi) is 5.14. The number of nitrogens with zero attached hydrogens (tertiary/aromatic N) is 1. The lowest BCUT2D eigenvalue weighted by molar-refractivity contribution is 0.185. The van der Waals surface area contributed by atoms with Gasteiger partial charge in [0.05, 0.1) is 0 Å². The molecule has 17 heavy (non-hydrogen) atoms. The average Bonchev–Trinajstić information content (AvgIpc) is 2.32. The van der Waals surface area contributed by atoms with Crippen molar-refractivity contribution >= 4 is 27.5 Å². The van der Waals surface area contributed by atoms with Crippen LogP contribution in [0.25, 0.3) is 0 Å². The van der Waals surface area contributed by atoms with Crippen LogP contribution >= 0.6 is 27.5 Å². The van der Waals surface area contributed by atoms with E-state index in [1.165, 1.54) is 6.42 Å². The zero-order valence-corrected chi connectivity index (χ0v) is 12.1. The fourth-order valence-electron chi connectivity index (χ4n) is 2.03. The Balaban J connectivity index is 1.70. The van der Waals surface area contributed by atoms with Crippen LogP contribution in [-0.4, -0.2) is 36.5 Å². The Morgan fingerprint density at radius 1 is 1.35 bits per heavy atom. The zero-order valence-electron chi connectivity index (χ0n) is 9.74. The summed E-state index contributed by atoms with van der Waals surface area (Å²) in [5, 5.41) is 0.316. The zero-order chi connectivity index (χ0) is 12.1. The SMILES string of the molecule is ClC1CCCN(CCOc2ccc(Br)cc2)C1. The third-order valence-corrected chi connectivity index (χ3v) is 3.82. The van der Waals surface area contributed by atoms with Gasteiger partial charge in [0, 0.05) is 22.9 Å². The van der Waals surface area contributed by atoms with Crippen LogP contribution in [0.2, 0.25) is 0 Å². The highest BCUT2D eigenvalue weighted by molar-refractivity contribution is 9.10. The van der Waals surface area contributed by atoms with Crippen LogP contribution in [0.4, 0.5) is 0 Å². The lowest BCUT2D eigenvalue weighted by atomic mass is 10.1. The van der Waals surface area contributed by atoms with Gasteiger partial charge in [-0.3, -0.25) is 4.90 Å². The van der Waals surface area contributed by atoms with Crippen molar-refractivity contribution < 1.29 is 4.74 Å². The molecule has 0 N–H and O–H groups in total. The summed E-state index contributed by atoms with van der Waals surface area (Å²) in [6.07, 6.45) is 2.35. The van der Waals surface area contributed by atoms with Gasteiger partial charge >= 0.3 is 0 Å². The fourth-order valence-corrected chi connectivity index (χ4v) is 2.64. The molecule has 0 radical (unpaired) electrons. The van der Waals surface area contributed by atoms with Crippen molar-refractivity contribution in [2.24, 2.45) is 0 Å². The first-order valence-corrected chi connectivity index (χ1v) is 7.22. The van der Waals surface area contributed by atoms with Crippen LogP contribution in [0, 0.1) is 0 Å². The van der Waals surface area contributed by atoms with Gasteiger partial charge < -0.3 is 4.74 Å². The maximum Gasteiger partial charge on any atom is 0.119 e. The molecule has 0 bridgehead atoms. The molecular formula is C13H17BrClNO. The molecule has 0 aromatic heterocycles. The van der Waals surface area contributed by atoms with Crippen LogP contribution < -0.4 is 4.74 Å². The number of piperidine rings is 1. The largest absolute Gasteiger partial charge is 0.492 e. The number of benzene rings is 1. The summed E-state index contributed by atoms with van der Waals surface area (Å²) in [5.41, 5.74) is 0. The summed E-state index contributed by atoms with van der Waals surface area (Å²) >= 11 is 9.54. The minimum Gasteiger partial charge on any atom is -0.492 e. The predicted molar refractivity (Wildman–Crippen MR) is 75.0 cm³/mol. The summed E-state index contributed by atoms with van der Waals surface area (Å²) in [5.74, 6) is 0.924. The van der Waals surface area contributed by atoms with Gasteiger partial charge in [-0.15, -0.1) is 11.6 Å². The van der Waals surface area contributed by atoms with Gasteiger partial charge in [0.15, 0.2) is 0 Å². The van der Waals surface area contributed by atoms with Crippen molar-refractivity contribution in [3.05, 3.63) is 28.7 Å². The molecule has 2 rings (SSSR count). The lowest BCUT2D eigenvalue weighted by Gasteiger charge is -2.29. The summed E-state index contributed by atoms with van der Waals surface area (Å²) in [6, 6.07) is 7.94. The highest BCUT2D eigenvalue weighted by atomic mass is 79.9. The Morgan fingerprint density at radius 3 is 2.82 bits per heavy atom. The Bertz CT molecular complexity index is 344. The third kappa shape index (κ3) is 4.49. The van der Waals surface area contributed by atoms with E-state index in [0.29, 0.717) is 5.38 Å². The molecule has 1 saturated heterocycles. The Morgan fingerprint density at radius 2 is 2.12 bits per heavy atom. The number of hydrogen-bond donors (Lipinski definition) is 0. The first-order valence-electron chi connectivity index (χ1n) is 5.99. The van der Waals surface area contributed by atoms with Crippen molar-refractivity contribution in [1.82, 2.24) is 4.90 Å². The molecule has 1 aliphatic heterocycles. The third-order valence-electron chi connectivity index (χ3n) is 2.94. The van der Waals surface area contributed by atoms with E-state index in [2.05, 4.69) is 20.8 Å². The Labute approximate surface area is 116 Å². The van der Waals surface area contributed by atoms with Crippen molar-refractivity contribution in [1.29, 1.82) is 0 Å². The second kappa shape index (κ2) is 6.62. The maximum absolute atomic E-state index is 6.14. The first-order chi connectivity index (χ1) is 8.24. The van der Waals surface area contributed by atoms with Crippen LogP contribution in [0.5, 0.6) is 5.75 Å². The molecular weight excluding hydrogens is 302 g/mol. The summed E-state index contributed by atoms with van der Waals surface area (Å²) < 4.78 is 6.77. The molecule has 1 atom stereocenters. The van der Waals surface area contributed by atoms with Crippen LogP contribution in [0.3, 0.4) is 0 Å². The standard InChI is InChI=1S/C13H17BrClNO/c14-11-3-5-13(6-4-11)17-9-8-16-7-1-2-12(15)10-16/h3-6,12H,1-2,7-10H2. The van der Waals surface area contributed by atoms with Crippen molar-refractivity contribution in [2.45, 2.75) is 18.2 Å². The highest BCUT2D eigenvalue weighted by Crippen LogP contribution is 2.17. The van der Waals surface area contributed by atoms with Gasteiger partial charge in [-0.05, 0) is 43.7 Å². The summed E-state index contributed by atoms with van der Waals surface area (Å²) in [7, 11) is 0. The average molecular weight is 319 g/mol. The van der Waals surface area contributed by atoms with Crippen LogP contribution in [0.1, 0.15) is 12.8 Å². The normalized spacial score (nSPS) is 21.4. The van der Waals surface area contributed by atoms with E-state index >= 15 is 0 Å². The second-order valence-electron chi connectivity index (χ2n) is 4.34. The molecule has 1 unspecified atom stereocenters. The van der Waals surface area contributed by atoms with Crippen molar-refractivity contribution in [3.63, 3.8) is 0 Å². The molecule has 1 aromatic carbocycles. The Hall–Kier alpha value is -0.250. The van der Waals surface area contributed by atoms with Crippen LogP contribution in [-0.2, 0) is 0 Å². The minimum absolute atomic E-state index is 0.316. The molecule has 0 spiro atoms. The van der Waals surface area contributed by atoms with E-state index in [0.717, 1.165) is 42.9 Å². The molecule has 1 aromatic rings. The number of hydrogen-bond acceptors (Lipinski definition) is 2. The quantitative estimate of drug-likeness (QED) is 0.788. The monoisotopic (exact) mass is 317 g/mol. The number of rotatable bonds is 4. The van der Waals surface area contributed by atoms with Gasteiger partial charge in [0.25, 0.3) is 0 Å². The van der Waals surface area contributed by atoms with E-state index in [-0.39, 0.29) is 0 Å². The smallest absolute Gasteiger partial charge is 0.119 e. The highest BCUT2D eigenvalue weighted by Gasteiger charge is 2.17. The molecule has 0 saturated carbocycles. The number of ether oxygens (including phenoxy) is 1. The summed E-state index contributed by atoms with van der Waals surface area (Å²) in [6.45, 7) is 3.82. The molecule has 2 nitrogen and oxygen atoms in total. The fraction of sp³-hybridized carbons (Fsp3) is 0.538. The number of halogens is 2.